The van der Waals surface area contributed by atoms with Gasteiger partial charge in [-0.25, -0.2) is 4.98 Å². The summed E-state index contributed by atoms with van der Waals surface area (Å²) in [4.78, 5) is 18.1. The van der Waals surface area contributed by atoms with Crippen LogP contribution in [-0.2, 0) is 5.75 Å². The van der Waals surface area contributed by atoms with Gasteiger partial charge in [-0.3, -0.25) is 4.79 Å². The van der Waals surface area contributed by atoms with E-state index in [1.54, 1.807) is 35.0 Å². The highest BCUT2D eigenvalue weighted by Crippen LogP contribution is 2.26. The van der Waals surface area contributed by atoms with Gasteiger partial charge in [0.05, 0.1) is 12.5 Å². The Morgan fingerprint density at radius 1 is 1.41 bits per heavy atom. The Labute approximate surface area is 138 Å². The molecule has 0 N–H and O–H groups in total. The smallest absolute Gasteiger partial charge is 0.253 e. The van der Waals surface area contributed by atoms with Crippen LogP contribution in [0.1, 0.15) is 28.0 Å². The van der Waals surface area contributed by atoms with Crippen LogP contribution in [0.2, 0.25) is 0 Å². The molecule has 2 aromatic rings. The van der Waals surface area contributed by atoms with Crippen LogP contribution in [0.15, 0.2) is 34.0 Å². The van der Waals surface area contributed by atoms with Gasteiger partial charge in [0.15, 0.2) is 0 Å². The number of rotatable bonds is 6. The predicted octanol–water partition coefficient (Wildman–Crippen LogP) is 3.73. The van der Waals surface area contributed by atoms with Gasteiger partial charge >= 0.3 is 0 Å². The lowest BCUT2D eigenvalue weighted by atomic mass is 10.1. The van der Waals surface area contributed by atoms with E-state index in [0.717, 1.165) is 21.3 Å². The fourth-order valence-corrected chi connectivity index (χ4v) is 3.63. The Bertz CT molecular complexity index is 673. The quantitative estimate of drug-likeness (QED) is 0.757. The van der Waals surface area contributed by atoms with E-state index in [4.69, 9.17) is 5.26 Å². The first-order chi connectivity index (χ1) is 10.6. The second kappa shape index (κ2) is 7.97. The minimum atomic E-state index is -0.0509. The summed E-state index contributed by atoms with van der Waals surface area (Å²) in [6, 6.07) is 9.67. The van der Waals surface area contributed by atoms with E-state index in [0.29, 0.717) is 18.5 Å². The highest BCUT2D eigenvalue weighted by Gasteiger charge is 2.11. The minimum Gasteiger partial charge on any atom is -0.341 e. The molecule has 1 aromatic heterocycles. The topological polar surface area (TPSA) is 57.0 Å². The second-order valence-corrected chi connectivity index (χ2v) is 6.96. The third-order valence-electron chi connectivity index (χ3n) is 3.07. The molecular weight excluding hydrogens is 314 g/mol. The van der Waals surface area contributed by atoms with Crippen LogP contribution in [-0.4, -0.2) is 29.4 Å². The van der Waals surface area contributed by atoms with Crippen LogP contribution in [0.4, 0.5) is 0 Å². The molecule has 0 aliphatic heterocycles. The van der Waals surface area contributed by atoms with E-state index in [9.17, 15) is 4.79 Å². The fourth-order valence-electron chi connectivity index (χ4n) is 1.83. The van der Waals surface area contributed by atoms with Crippen LogP contribution in [0.5, 0.6) is 0 Å². The number of carbonyl (C=O) groups is 1. The van der Waals surface area contributed by atoms with Crippen LogP contribution >= 0.6 is 23.1 Å². The van der Waals surface area contributed by atoms with Crippen LogP contribution in [0.25, 0.3) is 0 Å². The van der Waals surface area contributed by atoms with Crippen molar-refractivity contribution in [2.75, 3.05) is 13.6 Å². The highest BCUT2D eigenvalue weighted by atomic mass is 32.2. The number of hydrogen-bond donors (Lipinski definition) is 0. The molecule has 0 radical (unpaired) electrons. The van der Waals surface area contributed by atoms with Crippen LogP contribution < -0.4 is 0 Å². The molecule has 0 spiro atoms. The van der Waals surface area contributed by atoms with Crippen molar-refractivity contribution in [1.29, 1.82) is 5.26 Å². The lowest BCUT2D eigenvalue weighted by molar-refractivity contribution is 0.0798. The molecular formula is C16H17N3OS2. The summed E-state index contributed by atoms with van der Waals surface area (Å²) in [6.45, 7) is 2.44. The first-order valence-corrected chi connectivity index (χ1v) is 8.73. The molecule has 0 aliphatic carbocycles. The molecule has 4 nitrogen and oxygen atoms in total. The number of hydrogen-bond acceptors (Lipinski definition) is 5. The standard InChI is InChI=1S/C16H17N3OS2/c1-12-10-21-16(18-12)22-11-13-4-6-14(7-5-13)15(20)19(2)9-3-8-17/h4-7,10H,3,9,11H2,1-2H3. The summed E-state index contributed by atoms with van der Waals surface area (Å²) in [7, 11) is 1.72. The third kappa shape index (κ3) is 4.58. The lowest BCUT2D eigenvalue weighted by Gasteiger charge is -2.15. The van der Waals surface area contributed by atoms with Crippen molar-refractivity contribution in [3.63, 3.8) is 0 Å². The number of nitrogens with zero attached hydrogens (tertiary/aromatic N) is 3. The molecule has 0 unspecified atom stereocenters. The zero-order valence-electron chi connectivity index (χ0n) is 12.6. The molecule has 0 fully saturated rings. The summed E-state index contributed by atoms with van der Waals surface area (Å²) in [5.74, 6) is 0.788. The first-order valence-electron chi connectivity index (χ1n) is 6.86. The summed E-state index contributed by atoms with van der Waals surface area (Å²) < 4.78 is 1.06. The Morgan fingerprint density at radius 2 is 2.14 bits per heavy atom. The largest absolute Gasteiger partial charge is 0.341 e. The molecule has 6 heteroatoms. The maximum Gasteiger partial charge on any atom is 0.253 e. The lowest BCUT2D eigenvalue weighted by Crippen LogP contribution is -2.27. The molecule has 0 saturated heterocycles. The molecule has 1 amide bonds. The monoisotopic (exact) mass is 331 g/mol. The molecule has 2 rings (SSSR count). The Balaban J connectivity index is 1.92. The van der Waals surface area contributed by atoms with Gasteiger partial charge in [-0.05, 0) is 24.6 Å². The molecule has 0 atom stereocenters. The number of carbonyl (C=O) groups excluding carboxylic acids is 1. The van der Waals surface area contributed by atoms with Crippen molar-refractivity contribution in [2.24, 2.45) is 0 Å². The summed E-state index contributed by atoms with van der Waals surface area (Å²) in [6.07, 6.45) is 0.351. The summed E-state index contributed by atoms with van der Waals surface area (Å²) in [5.41, 5.74) is 2.86. The molecule has 0 bridgehead atoms. The molecule has 0 aliphatic rings. The van der Waals surface area contributed by atoms with Crippen molar-refractivity contribution in [2.45, 2.75) is 23.4 Å². The van der Waals surface area contributed by atoms with Gasteiger partial charge < -0.3 is 4.90 Å². The predicted molar refractivity (Wildman–Crippen MR) is 90.0 cm³/mol. The Morgan fingerprint density at radius 3 is 2.73 bits per heavy atom. The van der Waals surface area contributed by atoms with E-state index in [2.05, 4.69) is 4.98 Å². The average molecular weight is 331 g/mol. The molecule has 1 heterocycles. The molecule has 1 aromatic carbocycles. The molecule has 0 saturated carbocycles. The van der Waals surface area contributed by atoms with Crippen molar-refractivity contribution >= 4 is 29.0 Å². The summed E-state index contributed by atoms with van der Waals surface area (Å²) in [5, 5.41) is 10.6. The van der Waals surface area contributed by atoms with Crippen molar-refractivity contribution in [3.8, 4) is 6.07 Å². The van der Waals surface area contributed by atoms with Crippen molar-refractivity contribution in [1.82, 2.24) is 9.88 Å². The SMILES string of the molecule is Cc1csc(SCc2ccc(C(=O)N(C)CCC#N)cc2)n1. The number of thiazole rings is 1. The Kier molecular flexibility index (Phi) is 5.99. The second-order valence-electron chi connectivity index (χ2n) is 4.88. The molecule has 114 valence electrons. The Hall–Kier alpha value is -1.84. The van der Waals surface area contributed by atoms with Crippen LogP contribution in [0.3, 0.4) is 0 Å². The zero-order chi connectivity index (χ0) is 15.9. The third-order valence-corrected chi connectivity index (χ3v) is 5.28. The van der Waals surface area contributed by atoms with Crippen LogP contribution in [0, 0.1) is 18.3 Å². The van der Waals surface area contributed by atoms with E-state index < -0.39 is 0 Å². The number of aromatic nitrogens is 1. The molecule has 22 heavy (non-hydrogen) atoms. The minimum absolute atomic E-state index is 0.0509. The maximum atomic E-state index is 12.1. The van der Waals surface area contributed by atoms with E-state index in [-0.39, 0.29) is 5.91 Å². The number of amides is 1. The van der Waals surface area contributed by atoms with E-state index in [1.165, 1.54) is 0 Å². The van der Waals surface area contributed by atoms with Gasteiger partial charge in [0.2, 0.25) is 0 Å². The van der Waals surface area contributed by atoms with Gasteiger partial charge in [-0.2, -0.15) is 5.26 Å². The number of nitriles is 1. The highest BCUT2D eigenvalue weighted by molar-refractivity contribution is 8.00. The first kappa shape index (κ1) is 16.5. The van der Waals surface area contributed by atoms with Gasteiger partial charge in [-0.15, -0.1) is 11.3 Å². The summed E-state index contributed by atoms with van der Waals surface area (Å²) >= 11 is 3.36. The van der Waals surface area contributed by atoms with E-state index in [1.807, 2.05) is 42.6 Å². The number of aryl methyl sites for hydroxylation is 1. The fraction of sp³-hybridized carbons (Fsp3) is 0.312. The van der Waals surface area contributed by atoms with Gasteiger partial charge in [-0.1, -0.05) is 23.9 Å². The van der Waals surface area contributed by atoms with Crippen molar-refractivity contribution < 1.29 is 4.79 Å². The van der Waals surface area contributed by atoms with Gasteiger partial charge in [0, 0.05) is 36.0 Å². The number of benzene rings is 1. The average Bonchev–Trinajstić information content (AvgIpc) is 2.96. The number of thioether (sulfide) groups is 1. The van der Waals surface area contributed by atoms with Gasteiger partial charge in [0.25, 0.3) is 5.91 Å². The van der Waals surface area contributed by atoms with E-state index >= 15 is 0 Å². The maximum absolute atomic E-state index is 12.1. The van der Waals surface area contributed by atoms with Crippen molar-refractivity contribution in [3.05, 3.63) is 46.5 Å². The zero-order valence-corrected chi connectivity index (χ0v) is 14.2. The normalized spacial score (nSPS) is 10.2. The van der Waals surface area contributed by atoms with Gasteiger partial charge in [0.1, 0.15) is 4.34 Å².